The third-order valence-corrected chi connectivity index (χ3v) is 5.35. The Morgan fingerprint density at radius 3 is 2.59 bits per heavy atom. The van der Waals surface area contributed by atoms with Gasteiger partial charge in [-0.15, -0.1) is 0 Å². The molecule has 1 aliphatic heterocycles. The summed E-state index contributed by atoms with van der Waals surface area (Å²) in [6.07, 6.45) is 0. The minimum Gasteiger partial charge on any atom is -0.379 e. The molecule has 1 unspecified atom stereocenters. The predicted octanol–water partition coefficient (Wildman–Crippen LogP) is 3.80. The molecular weight excluding hydrogens is 390 g/mol. The van der Waals surface area contributed by atoms with Crippen LogP contribution in [-0.2, 0) is 4.74 Å². The van der Waals surface area contributed by atoms with Gasteiger partial charge in [-0.25, -0.2) is 0 Å². The Hall–Kier alpha value is -2.67. The van der Waals surface area contributed by atoms with Crippen molar-refractivity contribution >= 4 is 17.5 Å². The van der Waals surface area contributed by atoms with E-state index < -0.39 is 0 Å². The van der Waals surface area contributed by atoms with Crippen molar-refractivity contribution in [1.82, 2.24) is 15.4 Å². The van der Waals surface area contributed by atoms with Crippen molar-refractivity contribution in [2.24, 2.45) is 0 Å². The number of nitrogens with one attached hydrogen (secondary N) is 1. The smallest absolute Gasteiger partial charge is 0.289 e. The van der Waals surface area contributed by atoms with Gasteiger partial charge in [-0.2, -0.15) is 0 Å². The zero-order valence-corrected chi connectivity index (χ0v) is 16.6. The molecule has 29 heavy (non-hydrogen) atoms. The van der Waals surface area contributed by atoms with Gasteiger partial charge in [0.25, 0.3) is 5.91 Å². The molecule has 1 fully saturated rings. The largest absolute Gasteiger partial charge is 0.379 e. The Bertz CT molecular complexity index is 955. The zero-order chi connectivity index (χ0) is 20.1. The number of benzene rings is 2. The maximum absolute atomic E-state index is 12.7. The van der Waals surface area contributed by atoms with E-state index in [-0.39, 0.29) is 17.7 Å². The first-order valence-electron chi connectivity index (χ1n) is 9.59. The minimum atomic E-state index is -0.301. The summed E-state index contributed by atoms with van der Waals surface area (Å²) in [7, 11) is 0. The fourth-order valence-corrected chi connectivity index (χ4v) is 3.74. The first kappa shape index (κ1) is 19.6. The number of carbonyl (C=O) groups excluding carboxylic acids is 1. The summed E-state index contributed by atoms with van der Waals surface area (Å²) >= 11 is 6.44. The van der Waals surface area contributed by atoms with Crippen LogP contribution in [0.2, 0.25) is 5.02 Å². The van der Waals surface area contributed by atoms with Gasteiger partial charge in [-0.3, -0.25) is 9.69 Å². The molecule has 3 aromatic rings. The van der Waals surface area contributed by atoms with E-state index in [2.05, 4.69) is 15.4 Å². The Balaban J connectivity index is 1.48. The Labute approximate surface area is 174 Å². The van der Waals surface area contributed by atoms with Crippen LogP contribution in [0.15, 0.2) is 65.2 Å². The second-order valence-electron chi connectivity index (χ2n) is 6.84. The molecule has 1 N–H and O–H groups in total. The molecule has 0 bridgehead atoms. The number of halogens is 1. The quantitative estimate of drug-likeness (QED) is 0.668. The van der Waals surface area contributed by atoms with Gasteiger partial charge in [0.05, 0.1) is 19.3 Å². The van der Waals surface area contributed by atoms with Crippen LogP contribution in [0.1, 0.15) is 22.2 Å². The van der Waals surface area contributed by atoms with Crippen molar-refractivity contribution in [3.8, 4) is 11.3 Å². The van der Waals surface area contributed by atoms with Gasteiger partial charge in [-0.05, 0) is 11.6 Å². The second-order valence-corrected chi connectivity index (χ2v) is 7.25. The zero-order valence-electron chi connectivity index (χ0n) is 15.9. The van der Waals surface area contributed by atoms with Gasteiger partial charge in [-0.1, -0.05) is 65.3 Å². The number of nitrogens with zero attached hydrogens (tertiary/aromatic N) is 2. The molecule has 1 atom stereocenters. The lowest BCUT2D eigenvalue weighted by Crippen LogP contribution is -2.43. The molecule has 2 heterocycles. The summed E-state index contributed by atoms with van der Waals surface area (Å²) in [5.41, 5.74) is 2.52. The summed E-state index contributed by atoms with van der Waals surface area (Å²) < 4.78 is 10.7. The van der Waals surface area contributed by atoms with Crippen LogP contribution >= 0.6 is 11.6 Å². The number of rotatable bonds is 6. The van der Waals surface area contributed by atoms with Crippen molar-refractivity contribution in [3.05, 3.63) is 77.0 Å². The van der Waals surface area contributed by atoms with Crippen LogP contribution < -0.4 is 5.32 Å². The van der Waals surface area contributed by atoms with E-state index >= 15 is 0 Å². The van der Waals surface area contributed by atoms with E-state index in [1.807, 2.05) is 54.6 Å². The predicted molar refractivity (Wildman–Crippen MR) is 111 cm³/mol. The van der Waals surface area contributed by atoms with E-state index in [9.17, 15) is 4.79 Å². The molecule has 7 heteroatoms. The van der Waals surface area contributed by atoms with Gasteiger partial charge in [0.2, 0.25) is 5.76 Å². The van der Waals surface area contributed by atoms with Crippen molar-refractivity contribution < 1.29 is 14.1 Å². The number of hydrogen-bond donors (Lipinski definition) is 1. The average molecular weight is 412 g/mol. The number of amides is 1. The Morgan fingerprint density at radius 2 is 1.83 bits per heavy atom. The first-order valence-corrected chi connectivity index (χ1v) is 9.97. The third kappa shape index (κ3) is 4.67. The van der Waals surface area contributed by atoms with Crippen LogP contribution in [0.4, 0.5) is 0 Å². The Kier molecular flexibility index (Phi) is 6.24. The molecule has 0 saturated carbocycles. The molecule has 1 amide bonds. The van der Waals surface area contributed by atoms with E-state index in [1.54, 1.807) is 6.07 Å². The molecule has 0 aliphatic carbocycles. The molecule has 150 valence electrons. The van der Waals surface area contributed by atoms with E-state index in [0.717, 1.165) is 24.2 Å². The SMILES string of the molecule is O=C(NCC(c1ccccc1Cl)N1CCOCC1)c1cc(-c2ccccc2)no1. The molecule has 0 spiro atoms. The number of hydrogen-bond acceptors (Lipinski definition) is 5. The molecule has 1 aromatic heterocycles. The van der Waals surface area contributed by atoms with Crippen LogP contribution in [0.5, 0.6) is 0 Å². The lowest BCUT2D eigenvalue weighted by Gasteiger charge is -2.35. The van der Waals surface area contributed by atoms with E-state index in [4.69, 9.17) is 20.9 Å². The summed E-state index contributed by atoms with van der Waals surface area (Å²) in [4.78, 5) is 15.0. The molecule has 0 radical (unpaired) electrons. The van der Waals surface area contributed by atoms with Gasteiger partial charge in [0.1, 0.15) is 5.69 Å². The molecule has 6 nitrogen and oxygen atoms in total. The molecule has 1 aliphatic rings. The molecular formula is C22H22ClN3O3. The summed E-state index contributed by atoms with van der Waals surface area (Å²) in [6, 6.07) is 18.9. The fourth-order valence-electron chi connectivity index (χ4n) is 3.47. The average Bonchev–Trinajstić information content (AvgIpc) is 3.27. The number of morpholine rings is 1. The van der Waals surface area contributed by atoms with Gasteiger partial charge >= 0.3 is 0 Å². The van der Waals surface area contributed by atoms with Crippen LogP contribution in [0.3, 0.4) is 0 Å². The topological polar surface area (TPSA) is 67.6 Å². The highest BCUT2D eigenvalue weighted by molar-refractivity contribution is 6.31. The van der Waals surface area contributed by atoms with Gasteiger partial charge in [0, 0.05) is 36.3 Å². The Morgan fingerprint density at radius 1 is 1.10 bits per heavy atom. The van der Waals surface area contributed by atoms with Gasteiger partial charge < -0.3 is 14.6 Å². The second kappa shape index (κ2) is 9.22. The fraction of sp³-hybridized carbons (Fsp3) is 0.273. The number of ether oxygens (including phenoxy) is 1. The van der Waals surface area contributed by atoms with Crippen molar-refractivity contribution in [3.63, 3.8) is 0 Å². The van der Waals surface area contributed by atoms with Crippen molar-refractivity contribution in [2.75, 3.05) is 32.8 Å². The van der Waals surface area contributed by atoms with E-state index in [1.165, 1.54) is 0 Å². The van der Waals surface area contributed by atoms with Crippen molar-refractivity contribution in [2.45, 2.75) is 6.04 Å². The van der Waals surface area contributed by atoms with Crippen LogP contribution in [0, 0.1) is 0 Å². The minimum absolute atomic E-state index is 0.0481. The highest BCUT2D eigenvalue weighted by Gasteiger charge is 2.25. The highest BCUT2D eigenvalue weighted by atomic mass is 35.5. The third-order valence-electron chi connectivity index (χ3n) is 5.01. The first-order chi connectivity index (χ1) is 14.2. The van der Waals surface area contributed by atoms with Crippen LogP contribution in [-0.4, -0.2) is 48.8 Å². The number of carbonyl (C=O) groups is 1. The molecule has 1 saturated heterocycles. The maximum atomic E-state index is 12.7. The highest BCUT2D eigenvalue weighted by Crippen LogP contribution is 2.28. The molecule has 4 rings (SSSR count). The normalized spacial score (nSPS) is 15.8. The summed E-state index contributed by atoms with van der Waals surface area (Å²) in [5, 5.41) is 7.67. The monoisotopic (exact) mass is 411 g/mol. The number of aromatic nitrogens is 1. The van der Waals surface area contributed by atoms with Crippen LogP contribution in [0.25, 0.3) is 11.3 Å². The molecule has 2 aromatic carbocycles. The van der Waals surface area contributed by atoms with Gasteiger partial charge in [0.15, 0.2) is 0 Å². The van der Waals surface area contributed by atoms with Crippen molar-refractivity contribution in [1.29, 1.82) is 0 Å². The lowest BCUT2D eigenvalue weighted by atomic mass is 10.0. The maximum Gasteiger partial charge on any atom is 0.289 e. The summed E-state index contributed by atoms with van der Waals surface area (Å²) in [6.45, 7) is 3.30. The lowest BCUT2D eigenvalue weighted by molar-refractivity contribution is 0.0161. The summed E-state index contributed by atoms with van der Waals surface area (Å²) in [5.74, 6) is -0.117. The standard InChI is InChI=1S/C22H22ClN3O3/c23-18-9-5-4-8-17(18)20(26-10-12-28-13-11-26)15-24-22(27)21-14-19(25-29-21)16-6-2-1-3-7-16/h1-9,14,20H,10-13,15H2,(H,24,27). The van der Waals surface area contributed by atoms with E-state index in [0.29, 0.717) is 30.5 Å².